The molecule has 0 spiro atoms. The molecule has 0 radical (unpaired) electrons. The van der Waals surface area contributed by atoms with Crippen LogP contribution in [0.3, 0.4) is 0 Å². The zero-order valence-corrected chi connectivity index (χ0v) is 19.2. The van der Waals surface area contributed by atoms with Crippen molar-refractivity contribution < 1.29 is 8.42 Å². The molecule has 2 N–H and O–H groups in total. The zero-order chi connectivity index (χ0) is 21.8. The van der Waals surface area contributed by atoms with E-state index in [0.29, 0.717) is 27.1 Å². The average Bonchev–Trinajstić information content (AvgIpc) is 2.72. The van der Waals surface area contributed by atoms with Gasteiger partial charge in [0.25, 0.3) is 0 Å². The summed E-state index contributed by atoms with van der Waals surface area (Å²) in [6, 6.07) is 15.7. The lowest BCUT2D eigenvalue weighted by Crippen LogP contribution is -2.45. The van der Waals surface area contributed by atoms with Crippen molar-refractivity contribution in [2.75, 3.05) is 13.1 Å². The van der Waals surface area contributed by atoms with Gasteiger partial charge in [-0.3, -0.25) is 19.3 Å². The quantitative estimate of drug-likeness (QED) is 0.683. The monoisotopic (exact) mass is 478 g/mol. The van der Waals surface area contributed by atoms with Crippen molar-refractivity contribution in [3.8, 4) is 0 Å². The number of hydrogen-bond acceptors (Lipinski definition) is 4. The SMILES string of the molecule is O=S1(=O)NC(Cc2c(Cl)cccc2Cl)=CC(=NC2CCN(Cc3ccccc3)CC2)N1. The molecule has 164 valence electrons. The van der Waals surface area contributed by atoms with Gasteiger partial charge >= 0.3 is 10.2 Å². The molecule has 0 atom stereocenters. The van der Waals surface area contributed by atoms with E-state index in [9.17, 15) is 8.42 Å². The number of halogens is 2. The number of piperidine rings is 1. The highest BCUT2D eigenvalue weighted by molar-refractivity contribution is 7.88. The first-order valence-corrected chi connectivity index (χ1v) is 12.4. The second-order valence-electron chi connectivity index (χ2n) is 7.76. The van der Waals surface area contributed by atoms with E-state index in [1.807, 2.05) is 6.07 Å². The van der Waals surface area contributed by atoms with Gasteiger partial charge in [0.2, 0.25) is 0 Å². The van der Waals surface area contributed by atoms with Crippen LogP contribution in [0, 0.1) is 0 Å². The summed E-state index contributed by atoms with van der Waals surface area (Å²) in [5.74, 6) is 0.346. The van der Waals surface area contributed by atoms with Crippen molar-refractivity contribution in [2.24, 2.45) is 4.99 Å². The number of likely N-dealkylation sites (tertiary alicyclic amines) is 1. The fraction of sp³-hybridized carbons (Fsp3) is 0.318. The molecule has 0 unspecified atom stereocenters. The molecule has 31 heavy (non-hydrogen) atoms. The van der Waals surface area contributed by atoms with Crippen LogP contribution in [0.25, 0.3) is 0 Å². The van der Waals surface area contributed by atoms with Gasteiger partial charge in [0.15, 0.2) is 0 Å². The van der Waals surface area contributed by atoms with E-state index in [4.69, 9.17) is 23.2 Å². The Bertz CT molecular complexity index is 1080. The van der Waals surface area contributed by atoms with E-state index in [1.165, 1.54) is 5.56 Å². The summed E-state index contributed by atoms with van der Waals surface area (Å²) in [6.07, 6.45) is 3.75. The zero-order valence-electron chi connectivity index (χ0n) is 16.9. The summed E-state index contributed by atoms with van der Waals surface area (Å²) in [5.41, 5.74) is 2.45. The van der Waals surface area contributed by atoms with Crippen molar-refractivity contribution in [3.05, 3.63) is 81.5 Å². The number of amidine groups is 1. The summed E-state index contributed by atoms with van der Waals surface area (Å²) < 4.78 is 29.6. The van der Waals surface area contributed by atoms with Gasteiger partial charge in [0.05, 0.1) is 6.04 Å². The molecule has 0 aliphatic carbocycles. The van der Waals surface area contributed by atoms with Gasteiger partial charge < -0.3 is 0 Å². The lowest BCUT2D eigenvalue weighted by Gasteiger charge is -2.30. The molecule has 0 aromatic heterocycles. The standard InChI is InChI=1S/C22H24Cl2N4O2S/c23-20-7-4-8-21(24)19(20)13-18-14-22(27-31(29,30)26-18)25-17-9-11-28(12-10-17)15-16-5-2-1-3-6-16/h1-8,14,17,26H,9-13,15H2,(H,25,27). The molecule has 0 saturated carbocycles. The van der Waals surface area contributed by atoms with Crippen LogP contribution in [-0.2, 0) is 23.2 Å². The molecular weight excluding hydrogens is 455 g/mol. The highest BCUT2D eigenvalue weighted by Crippen LogP contribution is 2.27. The maximum absolute atomic E-state index is 12.3. The fourth-order valence-electron chi connectivity index (χ4n) is 3.85. The van der Waals surface area contributed by atoms with Crippen LogP contribution in [0.5, 0.6) is 0 Å². The van der Waals surface area contributed by atoms with E-state index in [0.717, 1.165) is 32.5 Å². The number of aliphatic imine (C=N–C) groups is 1. The van der Waals surface area contributed by atoms with Crippen molar-refractivity contribution in [2.45, 2.75) is 31.8 Å². The van der Waals surface area contributed by atoms with E-state index >= 15 is 0 Å². The third-order valence-electron chi connectivity index (χ3n) is 5.37. The fourth-order valence-corrected chi connectivity index (χ4v) is 5.29. The van der Waals surface area contributed by atoms with Gasteiger partial charge in [0, 0.05) is 47.9 Å². The number of benzene rings is 2. The van der Waals surface area contributed by atoms with Crippen LogP contribution in [0.2, 0.25) is 10.0 Å². The number of rotatable bonds is 5. The maximum atomic E-state index is 12.3. The number of hydrogen-bond donors (Lipinski definition) is 2. The van der Waals surface area contributed by atoms with Gasteiger partial charge in [-0.25, -0.2) is 0 Å². The Morgan fingerprint density at radius 2 is 1.65 bits per heavy atom. The van der Waals surface area contributed by atoms with E-state index < -0.39 is 10.2 Å². The van der Waals surface area contributed by atoms with Crippen LogP contribution in [0.15, 0.2) is 65.3 Å². The van der Waals surface area contributed by atoms with Crippen molar-refractivity contribution >= 4 is 39.2 Å². The first-order chi connectivity index (χ1) is 14.9. The Hall–Kier alpha value is -2.06. The Balaban J connectivity index is 1.44. The van der Waals surface area contributed by atoms with Crippen molar-refractivity contribution in [1.29, 1.82) is 0 Å². The number of allylic oxidation sites excluding steroid dienone is 1. The van der Waals surface area contributed by atoms with Gasteiger partial charge in [-0.2, -0.15) is 8.42 Å². The third-order valence-corrected chi connectivity index (χ3v) is 7.09. The second kappa shape index (κ2) is 9.61. The normalized spacial score (nSPS) is 20.7. The Kier molecular flexibility index (Phi) is 6.86. The maximum Gasteiger partial charge on any atom is 0.322 e. The molecule has 0 bridgehead atoms. The molecule has 1 fully saturated rings. The summed E-state index contributed by atoms with van der Waals surface area (Å²) in [5, 5.41) is 0.991. The first kappa shape index (κ1) is 22.1. The van der Waals surface area contributed by atoms with Gasteiger partial charge in [-0.1, -0.05) is 59.6 Å². The summed E-state index contributed by atoms with van der Waals surface area (Å²) in [6.45, 7) is 2.77. The highest BCUT2D eigenvalue weighted by atomic mass is 35.5. The molecule has 2 aliphatic rings. The van der Waals surface area contributed by atoms with Crippen LogP contribution < -0.4 is 9.44 Å². The van der Waals surface area contributed by atoms with Crippen LogP contribution in [0.4, 0.5) is 0 Å². The number of nitrogens with zero attached hydrogens (tertiary/aromatic N) is 2. The predicted octanol–water partition coefficient (Wildman–Crippen LogP) is 3.92. The third kappa shape index (κ3) is 6.01. The Morgan fingerprint density at radius 3 is 2.32 bits per heavy atom. The molecular formula is C22H24Cl2N4O2S. The molecule has 4 rings (SSSR count). The lowest BCUT2D eigenvalue weighted by atomic mass is 10.0. The van der Waals surface area contributed by atoms with E-state index in [-0.39, 0.29) is 12.5 Å². The van der Waals surface area contributed by atoms with Gasteiger partial charge in [-0.05, 0) is 36.1 Å². The average molecular weight is 479 g/mol. The molecule has 2 aliphatic heterocycles. The smallest absolute Gasteiger partial charge is 0.299 e. The summed E-state index contributed by atoms with van der Waals surface area (Å²) in [4.78, 5) is 7.09. The summed E-state index contributed by atoms with van der Waals surface area (Å²) >= 11 is 12.5. The van der Waals surface area contributed by atoms with Crippen LogP contribution in [0.1, 0.15) is 24.0 Å². The van der Waals surface area contributed by atoms with Crippen molar-refractivity contribution in [1.82, 2.24) is 14.3 Å². The van der Waals surface area contributed by atoms with E-state index in [2.05, 4.69) is 43.6 Å². The minimum absolute atomic E-state index is 0.0734. The van der Waals surface area contributed by atoms with Crippen molar-refractivity contribution in [3.63, 3.8) is 0 Å². The number of nitrogens with one attached hydrogen (secondary N) is 2. The first-order valence-electron chi connectivity index (χ1n) is 10.2. The Morgan fingerprint density at radius 1 is 0.968 bits per heavy atom. The van der Waals surface area contributed by atoms with Gasteiger partial charge in [-0.15, -0.1) is 0 Å². The second-order valence-corrected chi connectivity index (χ2v) is 9.99. The van der Waals surface area contributed by atoms with Gasteiger partial charge in [0.1, 0.15) is 5.84 Å². The lowest BCUT2D eigenvalue weighted by molar-refractivity contribution is 0.206. The van der Waals surface area contributed by atoms with Crippen LogP contribution in [-0.4, -0.2) is 38.3 Å². The summed E-state index contributed by atoms with van der Waals surface area (Å²) in [7, 11) is -3.72. The highest BCUT2D eigenvalue weighted by Gasteiger charge is 2.24. The predicted molar refractivity (Wildman–Crippen MR) is 126 cm³/mol. The molecule has 9 heteroatoms. The van der Waals surface area contributed by atoms with E-state index in [1.54, 1.807) is 24.3 Å². The minimum Gasteiger partial charge on any atom is -0.299 e. The largest absolute Gasteiger partial charge is 0.322 e. The molecule has 0 amide bonds. The molecule has 2 heterocycles. The van der Waals surface area contributed by atoms with Crippen LogP contribution >= 0.6 is 23.2 Å². The topological polar surface area (TPSA) is 73.8 Å². The molecule has 1 saturated heterocycles. The molecule has 6 nitrogen and oxygen atoms in total. The molecule has 2 aromatic rings. The minimum atomic E-state index is -3.72. The molecule has 2 aromatic carbocycles. The Labute approximate surface area is 193 Å².